The molecule has 96 valence electrons. The van der Waals surface area contributed by atoms with E-state index in [2.05, 4.69) is 11.8 Å². The Bertz CT molecular complexity index is 303. The lowest BCUT2D eigenvalue weighted by molar-refractivity contribution is 0.237. The van der Waals surface area contributed by atoms with Crippen LogP contribution in [0, 0.1) is 5.92 Å². The van der Waals surface area contributed by atoms with Gasteiger partial charge in [0.2, 0.25) is 0 Å². The van der Waals surface area contributed by atoms with Gasteiger partial charge in [-0.1, -0.05) is 13.8 Å². The first-order chi connectivity index (χ1) is 7.50. The highest BCUT2D eigenvalue weighted by molar-refractivity contribution is 7.91. The summed E-state index contributed by atoms with van der Waals surface area (Å²) in [7, 11) is -2.81. The van der Waals surface area contributed by atoms with Crippen LogP contribution in [0.2, 0.25) is 0 Å². The quantitative estimate of drug-likeness (QED) is 0.742. The highest BCUT2D eigenvalue weighted by atomic mass is 32.2. The molecule has 0 aromatic carbocycles. The number of likely N-dealkylation sites (tertiary alicyclic amines) is 1. The molecule has 1 heterocycles. The van der Waals surface area contributed by atoms with Crippen molar-refractivity contribution >= 4 is 9.84 Å². The van der Waals surface area contributed by atoms with Gasteiger partial charge in [0.05, 0.1) is 5.75 Å². The molecule has 1 rings (SSSR count). The third-order valence-electron chi connectivity index (χ3n) is 3.58. The predicted molar refractivity (Wildman–Crippen MR) is 67.1 cm³/mol. The fraction of sp³-hybridized carbons (Fsp3) is 1.00. The zero-order valence-electron chi connectivity index (χ0n) is 10.4. The molecule has 16 heavy (non-hydrogen) atoms. The first kappa shape index (κ1) is 13.9. The number of rotatable bonds is 6. The van der Waals surface area contributed by atoms with E-state index in [4.69, 9.17) is 5.73 Å². The van der Waals surface area contributed by atoms with Crippen LogP contribution in [0.3, 0.4) is 0 Å². The highest BCUT2D eigenvalue weighted by Gasteiger charge is 2.29. The van der Waals surface area contributed by atoms with Gasteiger partial charge in [0, 0.05) is 18.3 Å². The topological polar surface area (TPSA) is 63.4 Å². The first-order valence-corrected chi connectivity index (χ1v) is 7.97. The summed E-state index contributed by atoms with van der Waals surface area (Å²) in [5.41, 5.74) is 5.74. The van der Waals surface area contributed by atoms with Gasteiger partial charge in [-0.3, -0.25) is 4.90 Å². The Hall–Kier alpha value is -0.130. The molecule has 1 fully saturated rings. The largest absolute Gasteiger partial charge is 0.329 e. The van der Waals surface area contributed by atoms with Crippen LogP contribution in [0.1, 0.15) is 26.7 Å². The molecular formula is C11H24N2O2S. The summed E-state index contributed by atoms with van der Waals surface area (Å²) >= 11 is 0. The van der Waals surface area contributed by atoms with Gasteiger partial charge in [-0.05, 0) is 31.8 Å². The maximum Gasteiger partial charge on any atom is 0.150 e. The van der Waals surface area contributed by atoms with E-state index in [1.165, 1.54) is 6.42 Å². The van der Waals surface area contributed by atoms with Crippen molar-refractivity contribution in [2.75, 3.05) is 31.1 Å². The highest BCUT2D eigenvalue weighted by Crippen LogP contribution is 2.22. The second kappa shape index (κ2) is 5.98. The molecule has 4 nitrogen and oxygen atoms in total. The standard InChI is InChI=1S/C11H24N2O2S/c1-3-16(14,15)8-4-6-13-7-5-10(2)11(13)9-12/h10-11H,3-9,12H2,1-2H3. The molecule has 0 bridgehead atoms. The number of hydrogen-bond acceptors (Lipinski definition) is 4. The fourth-order valence-electron chi connectivity index (χ4n) is 2.38. The zero-order chi connectivity index (χ0) is 12.2. The number of sulfone groups is 1. The molecule has 0 aromatic heterocycles. The Balaban J connectivity index is 2.33. The van der Waals surface area contributed by atoms with Crippen molar-refractivity contribution in [3.8, 4) is 0 Å². The van der Waals surface area contributed by atoms with E-state index in [1.54, 1.807) is 6.92 Å². The number of nitrogens with two attached hydrogens (primary N) is 1. The average Bonchev–Trinajstić information content (AvgIpc) is 2.59. The summed E-state index contributed by atoms with van der Waals surface area (Å²) in [5.74, 6) is 1.21. The second-order valence-electron chi connectivity index (χ2n) is 4.69. The summed E-state index contributed by atoms with van der Waals surface area (Å²) in [6, 6.07) is 0.448. The first-order valence-electron chi connectivity index (χ1n) is 6.14. The number of nitrogens with zero attached hydrogens (tertiary/aromatic N) is 1. The molecule has 0 aromatic rings. The lowest BCUT2D eigenvalue weighted by atomic mass is 10.0. The van der Waals surface area contributed by atoms with Crippen LogP contribution in [0.25, 0.3) is 0 Å². The van der Waals surface area contributed by atoms with Gasteiger partial charge >= 0.3 is 0 Å². The van der Waals surface area contributed by atoms with Crippen LogP contribution in [-0.4, -0.2) is 50.5 Å². The fourth-order valence-corrected chi connectivity index (χ4v) is 3.24. The van der Waals surface area contributed by atoms with Gasteiger partial charge in [-0.25, -0.2) is 8.42 Å². The molecule has 1 aliphatic heterocycles. The molecule has 2 unspecified atom stereocenters. The van der Waals surface area contributed by atoms with Gasteiger partial charge < -0.3 is 5.73 Å². The van der Waals surface area contributed by atoms with Crippen LogP contribution in [0.5, 0.6) is 0 Å². The Kier molecular flexibility index (Phi) is 5.21. The van der Waals surface area contributed by atoms with Crippen molar-refractivity contribution in [1.82, 2.24) is 4.90 Å². The molecule has 0 saturated carbocycles. The van der Waals surface area contributed by atoms with E-state index in [-0.39, 0.29) is 5.75 Å². The van der Waals surface area contributed by atoms with Gasteiger partial charge in [-0.2, -0.15) is 0 Å². The Morgan fingerprint density at radius 3 is 2.69 bits per heavy atom. The lowest BCUT2D eigenvalue weighted by Gasteiger charge is -2.25. The van der Waals surface area contributed by atoms with Crippen molar-refractivity contribution in [3.63, 3.8) is 0 Å². The zero-order valence-corrected chi connectivity index (χ0v) is 11.2. The molecule has 2 atom stereocenters. The van der Waals surface area contributed by atoms with E-state index in [0.717, 1.165) is 19.5 Å². The predicted octanol–water partition coefficient (Wildman–Crippen LogP) is 0.480. The molecule has 2 N–H and O–H groups in total. The van der Waals surface area contributed by atoms with Gasteiger partial charge in [0.1, 0.15) is 9.84 Å². The smallest absolute Gasteiger partial charge is 0.150 e. The van der Waals surface area contributed by atoms with Crippen LogP contribution in [0.15, 0.2) is 0 Å². The Morgan fingerprint density at radius 2 is 2.12 bits per heavy atom. The van der Waals surface area contributed by atoms with E-state index < -0.39 is 9.84 Å². The normalized spacial score (nSPS) is 27.4. The van der Waals surface area contributed by atoms with E-state index in [9.17, 15) is 8.42 Å². The number of hydrogen-bond donors (Lipinski definition) is 1. The average molecular weight is 248 g/mol. The maximum atomic E-state index is 11.3. The van der Waals surface area contributed by atoms with Crippen molar-refractivity contribution in [2.45, 2.75) is 32.7 Å². The van der Waals surface area contributed by atoms with Crippen molar-refractivity contribution in [1.29, 1.82) is 0 Å². The molecule has 1 aliphatic rings. The summed E-state index contributed by atoms with van der Waals surface area (Å²) in [4.78, 5) is 2.34. The third-order valence-corrected chi connectivity index (χ3v) is 5.37. The van der Waals surface area contributed by atoms with E-state index in [1.807, 2.05) is 0 Å². The second-order valence-corrected chi connectivity index (χ2v) is 7.17. The SMILES string of the molecule is CCS(=O)(=O)CCCN1CCC(C)C1CN. The molecule has 0 spiro atoms. The minimum Gasteiger partial charge on any atom is -0.329 e. The van der Waals surface area contributed by atoms with Crippen molar-refractivity contribution in [3.05, 3.63) is 0 Å². The van der Waals surface area contributed by atoms with Gasteiger partial charge in [0.15, 0.2) is 0 Å². The molecule has 0 radical (unpaired) electrons. The summed E-state index contributed by atoms with van der Waals surface area (Å²) < 4.78 is 22.7. The van der Waals surface area contributed by atoms with Gasteiger partial charge in [-0.15, -0.1) is 0 Å². The van der Waals surface area contributed by atoms with Crippen molar-refractivity contribution in [2.24, 2.45) is 11.7 Å². The molecular weight excluding hydrogens is 224 g/mol. The summed E-state index contributed by atoms with van der Waals surface area (Å²) in [6.45, 7) is 6.54. The molecule has 5 heteroatoms. The third kappa shape index (κ3) is 3.71. The minimum atomic E-state index is -2.81. The molecule has 1 saturated heterocycles. The van der Waals surface area contributed by atoms with Crippen LogP contribution in [-0.2, 0) is 9.84 Å². The maximum absolute atomic E-state index is 11.3. The minimum absolute atomic E-state index is 0.254. The molecule has 0 aliphatic carbocycles. The van der Waals surface area contributed by atoms with Crippen LogP contribution in [0.4, 0.5) is 0 Å². The van der Waals surface area contributed by atoms with E-state index >= 15 is 0 Å². The monoisotopic (exact) mass is 248 g/mol. The van der Waals surface area contributed by atoms with Crippen molar-refractivity contribution < 1.29 is 8.42 Å². The van der Waals surface area contributed by atoms with Crippen LogP contribution >= 0.6 is 0 Å². The lowest BCUT2D eigenvalue weighted by Crippen LogP contribution is -2.39. The Labute approximate surface area is 99.1 Å². The Morgan fingerprint density at radius 1 is 1.44 bits per heavy atom. The van der Waals surface area contributed by atoms with Crippen LogP contribution < -0.4 is 5.73 Å². The van der Waals surface area contributed by atoms with E-state index in [0.29, 0.717) is 24.3 Å². The molecule has 0 amide bonds. The summed E-state index contributed by atoms with van der Waals surface area (Å²) in [5, 5.41) is 0. The summed E-state index contributed by atoms with van der Waals surface area (Å²) in [6.07, 6.45) is 1.92. The van der Waals surface area contributed by atoms with Gasteiger partial charge in [0.25, 0.3) is 0 Å².